The van der Waals surface area contributed by atoms with Gasteiger partial charge in [0.05, 0.1) is 0 Å². The van der Waals surface area contributed by atoms with Crippen LogP contribution in [0.25, 0.3) is 0 Å². The number of unbranched alkanes of at least 4 members (excludes halogenated alkanes) is 3. The highest BCUT2D eigenvalue weighted by molar-refractivity contribution is 5.70. The second-order valence-electron chi connectivity index (χ2n) is 3.08. The van der Waals surface area contributed by atoms with Gasteiger partial charge in [-0.05, 0) is 24.5 Å². The summed E-state index contributed by atoms with van der Waals surface area (Å²) in [5, 5.41) is 0. The van der Waals surface area contributed by atoms with Crippen LogP contribution in [0.3, 0.4) is 0 Å². The van der Waals surface area contributed by atoms with Gasteiger partial charge in [0.15, 0.2) is 17.8 Å². The summed E-state index contributed by atoms with van der Waals surface area (Å²) in [7, 11) is 0. The van der Waals surface area contributed by atoms with E-state index in [1.165, 1.54) is 12.8 Å². The Labute approximate surface area is 84.3 Å². The molecule has 14 heavy (non-hydrogen) atoms. The number of carbonyl (C=O) groups is 1. The first-order valence-corrected chi connectivity index (χ1v) is 4.90. The number of carbonyl (C=O) groups excluding carboxylic acids is 1. The Morgan fingerprint density at radius 2 is 2.29 bits per heavy atom. The molecule has 0 amide bonds. The number of aldehydes is 1. The Morgan fingerprint density at radius 1 is 1.43 bits per heavy atom. The zero-order chi connectivity index (χ0) is 10.2. The lowest BCUT2D eigenvalue weighted by molar-refractivity contribution is 0.110. The van der Waals surface area contributed by atoms with E-state index < -0.39 is 0 Å². The maximum absolute atomic E-state index is 10.3. The van der Waals surface area contributed by atoms with Crippen LogP contribution in [-0.4, -0.2) is 6.29 Å². The average Bonchev–Trinajstić information content (AvgIpc) is 2.65. The summed E-state index contributed by atoms with van der Waals surface area (Å²) in [4.78, 5) is 10.3. The number of hydrogen-bond donors (Lipinski definition) is 0. The SMILES string of the molecule is CCCCCC#Cc1ccc(C=O)o1. The molecule has 0 fully saturated rings. The summed E-state index contributed by atoms with van der Waals surface area (Å²) in [5.74, 6) is 6.81. The van der Waals surface area contributed by atoms with Crippen LogP contribution in [0.5, 0.6) is 0 Å². The third-order valence-corrected chi connectivity index (χ3v) is 1.86. The monoisotopic (exact) mass is 190 g/mol. The first-order chi connectivity index (χ1) is 6.86. The molecule has 1 aromatic heterocycles. The van der Waals surface area contributed by atoms with E-state index >= 15 is 0 Å². The van der Waals surface area contributed by atoms with E-state index in [1.807, 2.05) is 0 Å². The van der Waals surface area contributed by atoms with Crippen molar-refractivity contribution in [3.05, 3.63) is 23.7 Å². The van der Waals surface area contributed by atoms with E-state index in [1.54, 1.807) is 12.1 Å². The van der Waals surface area contributed by atoms with Gasteiger partial charge in [-0.25, -0.2) is 0 Å². The molecule has 1 aromatic rings. The van der Waals surface area contributed by atoms with Gasteiger partial charge < -0.3 is 4.42 Å². The molecule has 0 unspecified atom stereocenters. The van der Waals surface area contributed by atoms with Crippen molar-refractivity contribution >= 4 is 6.29 Å². The topological polar surface area (TPSA) is 30.2 Å². The maximum atomic E-state index is 10.3. The Kier molecular flexibility index (Phi) is 4.57. The van der Waals surface area contributed by atoms with Crippen molar-refractivity contribution in [2.75, 3.05) is 0 Å². The van der Waals surface area contributed by atoms with Crippen molar-refractivity contribution in [1.82, 2.24) is 0 Å². The molecule has 0 aliphatic rings. The molecule has 2 heteroatoms. The lowest BCUT2D eigenvalue weighted by Gasteiger charge is -1.87. The lowest BCUT2D eigenvalue weighted by Crippen LogP contribution is -1.72. The Balaban J connectivity index is 2.38. The van der Waals surface area contributed by atoms with Gasteiger partial charge in [-0.15, -0.1) is 0 Å². The summed E-state index contributed by atoms with van der Waals surface area (Å²) in [6.45, 7) is 2.16. The van der Waals surface area contributed by atoms with Gasteiger partial charge in [0.2, 0.25) is 0 Å². The molecule has 0 saturated carbocycles. The van der Waals surface area contributed by atoms with Crippen molar-refractivity contribution in [3.8, 4) is 11.8 Å². The highest BCUT2D eigenvalue weighted by atomic mass is 16.3. The van der Waals surface area contributed by atoms with E-state index in [4.69, 9.17) is 4.42 Å². The summed E-state index contributed by atoms with van der Waals surface area (Å²) in [6, 6.07) is 3.35. The van der Waals surface area contributed by atoms with Gasteiger partial charge in [0.25, 0.3) is 0 Å². The summed E-state index contributed by atoms with van der Waals surface area (Å²) < 4.78 is 5.10. The van der Waals surface area contributed by atoms with Crippen molar-refractivity contribution in [2.45, 2.75) is 32.6 Å². The number of rotatable bonds is 4. The van der Waals surface area contributed by atoms with Gasteiger partial charge >= 0.3 is 0 Å². The third kappa shape index (κ3) is 3.49. The molecule has 0 spiro atoms. The Morgan fingerprint density at radius 3 is 2.93 bits per heavy atom. The minimum absolute atomic E-state index is 0.336. The smallest absolute Gasteiger partial charge is 0.185 e. The van der Waals surface area contributed by atoms with Gasteiger partial charge in [-0.1, -0.05) is 25.7 Å². The first-order valence-electron chi connectivity index (χ1n) is 4.90. The second kappa shape index (κ2) is 6.04. The highest BCUT2D eigenvalue weighted by Gasteiger charge is 1.95. The molecule has 0 N–H and O–H groups in total. The van der Waals surface area contributed by atoms with Gasteiger partial charge in [0.1, 0.15) is 0 Å². The summed E-state index contributed by atoms with van der Waals surface area (Å²) >= 11 is 0. The van der Waals surface area contributed by atoms with Crippen molar-refractivity contribution in [1.29, 1.82) is 0 Å². The standard InChI is InChI=1S/C12H14O2/c1-2-3-4-5-6-7-11-8-9-12(10-13)14-11/h8-10H,2-5H2,1H3. The molecule has 0 atom stereocenters. The fourth-order valence-electron chi connectivity index (χ4n) is 1.10. The van der Waals surface area contributed by atoms with Crippen LogP contribution in [0.15, 0.2) is 16.5 Å². The van der Waals surface area contributed by atoms with Crippen molar-refractivity contribution < 1.29 is 9.21 Å². The quantitative estimate of drug-likeness (QED) is 0.415. The average molecular weight is 190 g/mol. The van der Waals surface area contributed by atoms with Gasteiger partial charge in [-0.3, -0.25) is 4.79 Å². The second-order valence-corrected chi connectivity index (χ2v) is 3.08. The molecule has 0 bridgehead atoms. The highest BCUT2D eigenvalue weighted by Crippen LogP contribution is 2.04. The Bertz CT molecular complexity index is 339. The van der Waals surface area contributed by atoms with E-state index in [0.717, 1.165) is 12.8 Å². The van der Waals surface area contributed by atoms with Crippen LogP contribution in [0, 0.1) is 11.8 Å². The predicted molar refractivity (Wildman–Crippen MR) is 55.1 cm³/mol. The summed E-state index contributed by atoms with van der Waals surface area (Å²) in [6.07, 6.45) is 5.13. The minimum Gasteiger partial charge on any atom is -0.445 e. The van der Waals surface area contributed by atoms with Crippen LogP contribution in [0.2, 0.25) is 0 Å². The largest absolute Gasteiger partial charge is 0.445 e. The summed E-state index contributed by atoms with van der Waals surface area (Å²) in [5.41, 5.74) is 0. The molecular weight excluding hydrogens is 176 g/mol. The molecule has 0 aliphatic carbocycles. The molecule has 2 nitrogen and oxygen atoms in total. The van der Waals surface area contributed by atoms with E-state index in [9.17, 15) is 4.79 Å². The maximum Gasteiger partial charge on any atom is 0.185 e. The molecule has 0 saturated heterocycles. The van der Waals surface area contributed by atoms with E-state index in [2.05, 4.69) is 18.8 Å². The number of furan rings is 1. The van der Waals surface area contributed by atoms with Crippen molar-refractivity contribution in [3.63, 3.8) is 0 Å². The van der Waals surface area contributed by atoms with Crippen LogP contribution in [0.4, 0.5) is 0 Å². The third-order valence-electron chi connectivity index (χ3n) is 1.86. The lowest BCUT2D eigenvalue weighted by atomic mass is 10.2. The fraction of sp³-hybridized carbons (Fsp3) is 0.417. The zero-order valence-corrected chi connectivity index (χ0v) is 8.38. The van der Waals surface area contributed by atoms with Gasteiger partial charge in [-0.2, -0.15) is 0 Å². The molecule has 0 aromatic carbocycles. The minimum atomic E-state index is 0.336. The number of hydrogen-bond acceptors (Lipinski definition) is 2. The van der Waals surface area contributed by atoms with Crippen LogP contribution < -0.4 is 0 Å². The zero-order valence-electron chi connectivity index (χ0n) is 8.38. The molecule has 0 aliphatic heterocycles. The normalized spacial score (nSPS) is 9.21. The molecule has 74 valence electrons. The fourth-order valence-corrected chi connectivity index (χ4v) is 1.10. The van der Waals surface area contributed by atoms with Crippen LogP contribution in [-0.2, 0) is 0 Å². The predicted octanol–water partition coefficient (Wildman–Crippen LogP) is 3.02. The van der Waals surface area contributed by atoms with Crippen LogP contribution in [0.1, 0.15) is 48.9 Å². The first kappa shape index (κ1) is 10.6. The molecule has 1 rings (SSSR count). The molecule has 0 radical (unpaired) electrons. The van der Waals surface area contributed by atoms with Crippen molar-refractivity contribution in [2.24, 2.45) is 0 Å². The van der Waals surface area contributed by atoms with Crippen LogP contribution >= 0.6 is 0 Å². The van der Waals surface area contributed by atoms with Gasteiger partial charge in [0, 0.05) is 6.42 Å². The molecule has 1 heterocycles. The molecular formula is C12H14O2. The van der Waals surface area contributed by atoms with E-state index in [-0.39, 0.29) is 0 Å². The van der Waals surface area contributed by atoms with E-state index in [0.29, 0.717) is 17.8 Å². The Hall–Kier alpha value is -1.49.